The smallest absolute Gasteiger partial charge is 0.337 e. The summed E-state index contributed by atoms with van der Waals surface area (Å²) in [7, 11) is 1.39. The molecule has 0 atom stereocenters. The fraction of sp³-hybridized carbons (Fsp3) is 0.562. The van der Waals surface area contributed by atoms with E-state index in [1.807, 2.05) is 24.3 Å². The van der Waals surface area contributed by atoms with Crippen molar-refractivity contribution >= 4 is 5.97 Å². The zero-order valence-corrected chi connectivity index (χ0v) is 12.3. The van der Waals surface area contributed by atoms with E-state index in [9.17, 15) is 4.79 Å². The highest BCUT2D eigenvalue weighted by Gasteiger charge is 2.03. The average Bonchev–Trinajstić information content (AvgIpc) is 2.50. The van der Waals surface area contributed by atoms with Crippen LogP contribution >= 0.6 is 0 Å². The van der Waals surface area contributed by atoms with Gasteiger partial charge >= 0.3 is 5.97 Å². The van der Waals surface area contributed by atoms with Crippen molar-refractivity contribution in [3.63, 3.8) is 0 Å². The van der Waals surface area contributed by atoms with Gasteiger partial charge in [-0.25, -0.2) is 4.79 Å². The quantitative estimate of drug-likeness (QED) is 0.528. The van der Waals surface area contributed by atoms with E-state index in [2.05, 4.69) is 4.74 Å². The molecule has 1 rings (SSSR count). The molecule has 0 aliphatic carbocycles. The summed E-state index contributed by atoms with van der Waals surface area (Å²) in [6.45, 7) is 2.29. The summed E-state index contributed by atoms with van der Waals surface area (Å²) in [4.78, 5) is 11.3. The summed E-state index contributed by atoms with van der Waals surface area (Å²) in [6.07, 6.45) is 5.35. The molecular weight excluding hydrogens is 254 g/mol. The molecule has 0 amide bonds. The zero-order valence-electron chi connectivity index (χ0n) is 12.3. The summed E-state index contributed by atoms with van der Waals surface area (Å²) in [6, 6.07) is 7.61. The molecule has 0 saturated carbocycles. The lowest BCUT2D eigenvalue weighted by molar-refractivity contribution is 0.0600. The molecule has 4 heteroatoms. The van der Waals surface area contributed by atoms with Crippen LogP contribution < -0.4 is 5.73 Å². The second-order valence-corrected chi connectivity index (χ2v) is 4.75. The third kappa shape index (κ3) is 6.68. The summed E-state index contributed by atoms with van der Waals surface area (Å²) in [5.41, 5.74) is 7.24. The summed E-state index contributed by atoms with van der Waals surface area (Å²) < 4.78 is 10.1. The summed E-state index contributed by atoms with van der Waals surface area (Å²) in [5, 5.41) is 0. The maximum Gasteiger partial charge on any atom is 0.337 e. The Hall–Kier alpha value is -1.39. The first kappa shape index (κ1) is 16.7. The van der Waals surface area contributed by atoms with E-state index in [1.54, 1.807) is 0 Å². The molecule has 0 saturated heterocycles. The first-order valence-electron chi connectivity index (χ1n) is 7.23. The van der Waals surface area contributed by atoms with Gasteiger partial charge in [0.15, 0.2) is 0 Å². The number of ether oxygens (including phenoxy) is 2. The van der Waals surface area contributed by atoms with Crippen molar-refractivity contribution in [1.29, 1.82) is 0 Å². The van der Waals surface area contributed by atoms with E-state index in [-0.39, 0.29) is 5.97 Å². The Morgan fingerprint density at radius 3 is 2.40 bits per heavy atom. The van der Waals surface area contributed by atoms with Gasteiger partial charge in [0.2, 0.25) is 0 Å². The number of benzene rings is 1. The molecule has 2 N–H and O–H groups in total. The molecule has 4 nitrogen and oxygen atoms in total. The minimum Gasteiger partial charge on any atom is -0.465 e. The maximum absolute atomic E-state index is 11.3. The minimum atomic E-state index is -0.286. The van der Waals surface area contributed by atoms with Gasteiger partial charge in [-0.15, -0.1) is 0 Å². The molecule has 0 heterocycles. The minimum absolute atomic E-state index is 0.286. The molecule has 0 bridgehead atoms. The van der Waals surface area contributed by atoms with Gasteiger partial charge in [0.25, 0.3) is 0 Å². The summed E-state index contributed by atoms with van der Waals surface area (Å²) in [5.74, 6) is -0.286. The van der Waals surface area contributed by atoms with Crippen LogP contribution in [0.15, 0.2) is 24.3 Å². The van der Waals surface area contributed by atoms with E-state index in [1.165, 1.54) is 12.7 Å². The third-order valence-corrected chi connectivity index (χ3v) is 3.12. The van der Waals surface area contributed by atoms with Gasteiger partial charge in [0.05, 0.1) is 12.7 Å². The molecule has 0 radical (unpaired) electrons. The van der Waals surface area contributed by atoms with Gasteiger partial charge < -0.3 is 15.2 Å². The van der Waals surface area contributed by atoms with Crippen LogP contribution in [0.4, 0.5) is 0 Å². The zero-order chi connectivity index (χ0) is 14.6. The van der Waals surface area contributed by atoms with Gasteiger partial charge in [0, 0.05) is 13.2 Å². The third-order valence-electron chi connectivity index (χ3n) is 3.12. The second kappa shape index (κ2) is 10.4. The number of hydrogen-bond donors (Lipinski definition) is 1. The number of methoxy groups -OCH3 is 1. The number of carbonyl (C=O) groups is 1. The van der Waals surface area contributed by atoms with Crippen molar-refractivity contribution in [2.24, 2.45) is 5.73 Å². The highest BCUT2D eigenvalue weighted by molar-refractivity contribution is 5.89. The van der Waals surface area contributed by atoms with E-state index >= 15 is 0 Å². The molecule has 0 fully saturated rings. The maximum atomic E-state index is 11.3. The molecule has 0 unspecified atom stereocenters. The largest absolute Gasteiger partial charge is 0.465 e. The average molecular weight is 279 g/mol. The van der Waals surface area contributed by atoms with E-state index < -0.39 is 0 Å². The topological polar surface area (TPSA) is 61.5 Å². The lowest BCUT2D eigenvalue weighted by atomic mass is 10.1. The van der Waals surface area contributed by atoms with E-state index in [0.29, 0.717) is 12.1 Å². The van der Waals surface area contributed by atoms with Crippen LogP contribution in [-0.4, -0.2) is 32.8 Å². The van der Waals surface area contributed by atoms with Gasteiger partial charge in [0.1, 0.15) is 0 Å². The van der Waals surface area contributed by atoms with Crippen LogP contribution in [0, 0.1) is 0 Å². The number of rotatable bonds is 10. The molecule has 0 aromatic heterocycles. The lowest BCUT2D eigenvalue weighted by Gasteiger charge is -2.05. The Bertz CT molecular complexity index is 376. The Kier molecular flexibility index (Phi) is 8.67. The highest BCUT2D eigenvalue weighted by Crippen LogP contribution is 2.09. The van der Waals surface area contributed by atoms with Crippen molar-refractivity contribution in [3.05, 3.63) is 35.4 Å². The number of unbranched alkanes of at least 4 members (excludes halogenated alkanes) is 2. The SMILES string of the molecule is COC(=O)c1ccc(CCCCCOCCCN)cc1. The van der Waals surface area contributed by atoms with Crippen molar-refractivity contribution in [3.8, 4) is 0 Å². The Labute approximate surface area is 121 Å². The number of hydrogen-bond acceptors (Lipinski definition) is 4. The van der Waals surface area contributed by atoms with Crippen LogP contribution in [-0.2, 0) is 15.9 Å². The molecule has 1 aromatic rings. The van der Waals surface area contributed by atoms with E-state index in [4.69, 9.17) is 10.5 Å². The first-order valence-corrected chi connectivity index (χ1v) is 7.23. The van der Waals surface area contributed by atoms with Crippen molar-refractivity contribution in [1.82, 2.24) is 0 Å². The molecule has 112 valence electrons. The van der Waals surface area contributed by atoms with Gasteiger partial charge in [-0.2, -0.15) is 0 Å². The number of esters is 1. The second-order valence-electron chi connectivity index (χ2n) is 4.75. The van der Waals surface area contributed by atoms with E-state index in [0.717, 1.165) is 45.3 Å². The van der Waals surface area contributed by atoms with Crippen LogP contribution in [0.1, 0.15) is 41.6 Å². The molecule has 1 aromatic carbocycles. The molecule has 0 aliphatic rings. The Morgan fingerprint density at radius 2 is 1.75 bits per heavy atom. The van der Waals surface area contributed by atoms with Crippen molar-refractivity contribution in [2.75, 3.05) is 26.9 Å². The fourth-order valence-electron chi connectivity index (χ4n) is 1.92. The Morgan fingerprint density at radius 1 is 1.05 bits per heavy atom. The van der Waals surface area contributed by atoms with Gasteiger partial charge in [-0.1, -0.05) is 18.6 Å². The first-order chi connectivity index (χ1) is 9.77. The van der Waals surface area contributed by atoms with Crippen LogP contribution in [0.5, 0.6) is 0 Å². The standard InChI is InChI=1S/C16H25NO3/c1-19-16(18)15-9-7-14(8-10-15)6-3-2-4-12-20-13-5-11-17/h7-10H,2-6,11-13,17H2,1H3. The van der Waals surface area contributed by atoms with Gasteiger partial charge in [-0.3, -0.25) is 0 Å². The highest BCUT2D eigenvalue weighted by atomic mass is 16.5. The van der Waals surface area contributed by atoms with Crippen molar-refractivity contribution < 1.29 is 14.3 Å². The fourth-order valence-corrected chi connectivity index (χ4v) is 1.92. The molecular formula is C16H25NO3. The number of nitrogens with two attached hydrogens (primary N) is 1. The number of aryl methyl sites for hydroxylation is 1. The summed E-state index contributed by atoms with van der Waals surface area (Å²) >= 11 is 0. The van der Waals surface area contributed by atoms with Gasteiger partial charge in [-0.05, 0) is 49.9 Å². The molecule has 0 spiro atoms. The molecule has 0 aliphatic heterocycles. The molecule has 20 heavy (non-hydrogen) atoms. The van der Waals surface area contributed by atoms with Crippen molar-refractivity contribution in [2.45, 2.75) is 32.1 Å². The lowest BCUT2D eigenvalue weighted by Crippen LogP contribution is -2.05. The van der Waals surface area contributed by atoms with Crippen LogP contribution in [0.25, 0.3) is 0 Å². The Balaban J connectivity index is 2.11. The van der Waals surface area contributed by atoms with Crippen LogP contribution in [0.3, 0.4) is 0 Å². The predicted octanol–water partition coefficient (Wildman–Crippen LogP) is 2.55. The predicted molar refractivity (Wildman–Crippen MR) is 79.8 cm³/mol. The normalized spacial score (nSPS) is 10.5. The van der Waals surface area contributed by atoms with Crippen LogP contribution in [0.2, 0.25) is 0 Å². The monoisotopic (exact) mass is 279 g/mol. The number of carbonyl (C=O) groups excluding carboxylic acids is 1.